The summed E-state index contributed by atoms with van der Waals surface area (Å²) in [5, 5.41) is 3.55. The van der Waals surface area contributed by atoms with Crippen LogP contribution in [-0.4, -0.2) is 19.3 Å². The molecule has 0 aromatic heterocycles. The van der Waals surface area contributed by atoms with Crippen LogP contribution in [0.15, 0.2) is 25.6 Å². The number of benzene rings is 1. The van der Waals surface area contributed by atoms with E-state index in [0.717, 1.165) is 45.2 Å². The van der Waals surface area contributed by atoms with Gasteiger partial charge in [0.1, 0.15) is 0 Å². The van der Waals surface area contributed by atoms with Gasteiger partial charge in [0.15, 0.2) is 0 Å². The zero-order valence-corrected chi connectivity index (χ0v) is 13.4. The van der Waals surface area contributed by atoms with Crippen LogP contribution in [0.2, 0.25) is 0 Å². The predicted molar refractivity (Wildman–Crippen MR) is 77.0 cm³/mol. The van der Waals surface area contributed by atoms with Gasteiger partial charge < -0.3 is 10.1 Å². The predicted octanol–water partition coefficient (Wildman–Crippen LogP) is 4.57. The minimum Gasteiger partial charge on any atom is -0.381 e. The van der Waals surface area contributed by atoms with Gasteiger partial charge in [-0.25, -0.2) is 0 Å². The molecule has 1 aromatic carbocycles. The maximum Gasteiger partial charge on any atom is 0.0631 e. The van der Waals surface area contributed by atoms with Gasteiger partial charge in [0, 0.05) is 32.7 Å². The molecule has 1 aromatic rings. The Bertz CT molecular complexity index is 354. The van der Waals surface area contributed by atoms with Crippen LogP contribution in [-0.2, 0) is 4.74 Å². The van der Waals surface area contributed by atoms with E-state index >= 15 is 0 Å². The van der Waals surface area contributed by atoms with E-state index in [2.05, 4.69) is 53.1 Å². The van der Waals surface area contributed by atoms with E-state index in [1.54, 1.807) is 0 Å². The molecule has 2 nitrogen and oxygen atoms in total. The Morgan fingerprint density at radius 3 is 2.19 bits per heavy atom. The summed E-state index contributed by atoms with van der Waals surface area (Å²) >= 11 is 10.6. The molecule has 1 aliphatic rings. The largest absolute Gasteiger partial charge is 0.381 e. The number of hydrogen-bond donors (Lipinski definition) is 1. The molecule has 1 N–H and O–H groups in total. The second-order valence-corrected chi connectivity index (χ2v) is 6.40. The summed E-state index contributed by atoms with van der Waals surface area (Å²) in [6.07, 6.45) is 2.13. The van der Waals surface area contributed by atoms with Gasteiger partial charge in [-0.05, 0) is 56.8 Å². The lowest BCUT2D eigenvalue weighted by Crippen LogP contribution is -2.28. The standard InChI is InChI=1S/C11H12Br3NO/c12-7-5-9(13)11(10(14)6-7)15-8-1-3-16-4-2-8/h5-6,8,15H,1-4H2. The molecule has 1 saturated heterocycles. The fourth-order valence-electron chi connectivity index (χ4n) is 1.73. The Morgan fingerprint density at radius 1 is 1.06 bits per heavy atom. The van der Waals surface area contributed by atoms with Gasteiger partial charge in [0.25, 0.3) is 0 Å². The van der Waals surface area contributed by atoms with Crippen molar-refractivity contribution in [2.24, 2.45) is 0 Å². The first-order valence-corrected chi connectivity index (χ1v) is 7.53. The molecular weight excluding hydrogens is 402 g/mol. The maximum absolute atomic E-state index is 5.35. The highest BCUT2D eigenvalue weighted by atomic mass is 79.9. The van der Waals surface area contributed by atoms with Crippen LogP contribution in [0.4, 0.5) is 5.69 Å². The lowest BCUT2D eigenvalue weighted by molar-refractivity contribution is 0.0904. The van der Waals surface area contributed by atoms with Crippen molar-refractivity contribution in [3.8, 4) is 0 Å². The average molecular weight is 414 g/mol. The van der Waals surface area contributed by atoms with Crippen LogP contribution in [0.25, 0.3) is 0 Å². The molecule has 0 radical (unpaired) electrons. The average Bonchev–Trinajstić information content (AvgIpc) is 2.25. The van der Waals surface area contributed by atoms with Gasteiger partial charge in [-0.3, -0.25) is 0 Å². The number of ether oxygens (including phenoxy) is 1. The zero-order chi connectivity index (χ0) is 11.5. The van der Waals surface area contributed by atoms with Crippen molar-refractivity contribution in [2.75, 3.05) is 18.5 Å². The fourth-order valence-corrected chi connectivity index (χ4v) is 4.21. The van der Waals surface area contributed by atoms with Crippen molar-refractivity contribution in [3.63, 3.8) is 0 Å². The maximum atomic E-state index is 5.35. The molecule has 1 heterocycles. The van der Waals surface area contributed by atoms with Gasteiger partial charge in [0.05, 0.1) is 5.69 Å². The molecule has 0 bridgehead atoms. The Hall–Kier alpha value is 0.420. The third-order valence-corrected chi connectivity index (χ3v) is 4.29. The molecule has 16 heavy (non-hydrogen) atoms. The van der Waals surface area contributed by atoms with Crippen LogP contribution in [0.1, 0.15) is 12.8 Å². The molecule has 0 atom stereocenters. The normalized spacial score (nSPS) is 17.4. The summed E-state index contributed by atoms with van der Waals surface area (Å²) < 4.78 is 8.54. The molecule has 1 fully saturated rings. The summed E-state index contributed by atoms with van der Waals surface area (Å²) in [5.74, 6) is 0. The van der Waals surface area contributed by atoms with E-state index in [1.165, 1.54) is 0 Å². The third-order valence-electron chi connectivity index (χ3n) is 2.58. The Balaban J connectivity index is 2.14. The summed E-state index contributed by atoms with van der Waals surface area (Å²) in [7, 11) is 0. The highest BCUT2D eigenvalue weighted by molar-refractivity contribution is 9.11. The molecule has 1 aliphatic heterocycles. The number of rotatable bonds is 2. The topological polar surface area (TPSA) is 21.3 Å². The first-order valence-electron chi connectivity index (χ1n) is 5.15. The van der Waals surface area contributed by atoms with Crippen LogP contribution >= 0.6 is 47.8 Å². The summed E-state index contributed by atoms with van der Waals surface area (Å²) in [6, 6.07) is 4.60. The minimum absolute atomic E-state index is 0.502. The second-order valence-electron chi connectivity index (χ2n) is 3.78. The highest BCUT2D eigenvalue weighted by Crippen LogP contribution is 2.35. The van der Waals surface area contributed by atoms with Crippen molar-refractivity contribution in [2.45, 2.75) is 18.9 Å². The molecule has 0 amide bonds. The molecule has 88 valence electrons. The van der Waals surface area contributed by atoms with E-state index < -0.39 is 0 Å². The Kier molecular flexibility index (Phi) is 4.70. The quantitative estimate of drug-likeness (QED) is 0.767. The van der Waals surface area contributed by atoms with E-state index in [-0.39, 0.29) is 0 Å². The van der Waals surface area contributed by atoms with Crippen molar-refractivity contribution >= 4 is 53.5 Å². The van der Waals surface area contributed by atoms with E-state index in [0.29, 0.717) is 6.04 Å². The molecule has 0 aliphatic carbocycles. The fraction of sp³-hybridized carbons (Fsp3) is 0.455. The first-order chi connectivity index (χ1) is 7.66. The SMILES string of the molecule is Brc1cc(Br)c(NC2CCOCC2)c(Br)c1. The molecule has 0 unspecified atom stereocenters. The number of nitrogens with one attached hydrogen (secondary N) is 1. The van der Waals surface area contributed by atoms with Crippen LogP contribution in [0.5, 0.6) is 0 Å². The molecular formula is C11H12Br3NO. The molecule has 2 rings (SSSR count). The zero-order valence-electron chi connectivity index (χ0n) is 8.60. The van der Waals surface area contributed by atoms with Gasteiger partial charge in [-0.2, -0.15) is 0 Å². The Labute approximate surface area is 121 Å². The van der Waals surface area contributed by atoms with Crippen molar-refractivity contribution < 1.29 is 4.74 Å². The van der Waals surface area contributed by atoms with Gasteiger partial charge in [-0.15, -0.1) is 0 Å². The lowest BCUT2D eigenvalue weighted by atomic mass is 10.1. The van der Waals surface area contributed by atoms with Gasteiger partial charge >= 0.3 is 0 Å². The summed E-state index contributed by atoms with van der Waals surface area (Å²) in [6.45, 7) is 1.70. The molecule has 5 heteroatoms. The monoisotopic (exact) mass is 411 g/mol. The highest BCUT2D eigenvalue weighted by Gasteiger charge is 2.16. The lowest BCUT2D eigenvalue weighted by Gasteiger charge is -2.25. The molecule has 0 saturated carbocycles. The van der Waals surface area contributed by atoms with Gasteiger partial charge in [-0.1, -0.05) is 15.9 Å². The summed E-state index contributed by atoms with van der Waals surface area (Å²) in [4.78, 5) is 0. The number of halogens is 3. The van der Waals surface area contributed by atoms with Crippen LogP contribution < -0.4 is 5.32 Å². The van der Waals surface area contributed by atoms with Crippen LogP contribution in [0.3, 0.4) is 0 Å². The first kappa shape index (κ1) is 12.9. The smallest absolute Gasteiger partial charge is 0.0631 e. The number of anilines is 1. The number of hydrogen-bond acceptors (Lipinski definition) is 2. The van der Waals surface area contributed by atoms with Gasteiger partial charge in [0.2, 0.25) is 0 Å². The van der Waals surface area contributed by atoms with E-state index in [9.17, 15) is 0 Å². The van der Waals surface area contributed by atoms with Crippen molar-refractivity contribution in [3.05, 3.63) is 25.6 Å². The van der Waals surface area contributed by atoms with Crippen molar-refractivity contribution in [1.82, 2.24) is 0 Å². The Morgan fingerprint density at radius 2 is 1.62 bits per heavy atom. The summed E-state index contributed by atoms with van der Waals surface area (Å²) in [5.41, 5.74) is 1.12. The molecule has 0 spiro atoms. The second kappa shape index (κ2) is 5.85. The van der Waals surface area contributed by atoms with E-state index in [4.69, 9.17) is 4.74 Å². The van der Waals surface area contributed by atoms with Crippen molar-refractivity contribution in [1.29, 1.82) is 0 Å². The van der Waals surface area contributed by atoms with Crippen LogP contribution in [0, 0.1) is 0 Å². The third kappa shape index (κ3) is 3.22. The minimum atomic E-state index is 0.502. The van der Waals surface area contributed by atoms with E-state index in [1.807, 2.05) is 12.1 Å².